The van der Waals surface area contributed by atoms with Gasteiger partial charge in [0.05, 0.1) is 17.0 Å². The Bertz CT molecular complexity index is 1100. The summed E-state index contributed by atoms with van der Waals surface area (Å²) in [7, 11) is -2.77. The van der Waals surface area contributed by atoms with E-state index in [1.54, 1.807) is 0 Å². The van der Waals surface area contributed by atoms with Crippen molar-refractivity contribution < 1.29 is 31.1 Å². The van der Waals surface area contributed by atoms with Crippen LogP contribution in [0.5, 0.6) is 5.75 Å². The van der Waals surface area contributed by atoms with Crippen LogP contribution in [-0.2, 0) is 16.0 Å². The van der Waals surface area contributed by atoms with Crippen molar-refractivity contribution in [1.29, 1.82) is 0 Å². The summed E-state index contributed by atoms with van der Waals surface area (Å²) in [6.07, 6.45) is -2.68. The van der Waals surface area contributed by atoms with Crippen molar-refractivity contribution in [3.8, 4) is 5.75 Å². The molecule has 2 heterocycles. The van der Waals surface area contributed by atoms with Crippen LogP contribution in [0.25, 0.3) is 4.96 Å². The highest BCUT2D eigenvalue weighted by molar-refractivity contribution is 7.92. The van der Waals surface area contributed by atoms with E-state index in [-0.39, 0.29) is 26.3 Å². The van der Waals surface area contributed by atoms with E-state index in [2.05, 4.69) is 4.98 Å². The normalized spacial score (nSPS) is 12.5. The molecule has 0 aliphatic carbocycles. The van der Waals surface area contributed by atoms with Gasteiger partial charge in [0.25, 0.3) is 0 Å². The Morgan fingerprint density at radius 2 is 2.04 bits per heavy atom. The van der Waals surface area contributed by atoms with Gasteiger partial charge < -0.3 is 4.74 Å². The quantitative estimate of drug-likeness (QED) is 0.567. The molecular weight excluding hydrogens is 429 g/mol. The van der Waals surface area contributed by atoms with Crippen LogP contribution in [0.4, 0.5) is 13.2 Å². The number of aromatic nitrogens is 2. The van der Waals surface area contributed by atoms with Crippen molar-refractivity contribution in [3.63, 3.8) is 0 Å². The Kier molecular flexibility index (Phi) is 4.95. The zero-order valence-corrected chi connectivity index (χ0v) is 15.8. The summed E-state index contributed by atoms with van der Waals surface area (Å²) >= 11 is 6.26. The van der Waals surface area contributed by atoms with Crippen molar-refractivity contribution >= 4 is 43.5 Å². The van der Waals surface area contributed by atoms with Crippen LogP contribution in [0.1, 0.15) is 15.4 Å². The van der Waals surface area contributed by atoms with Crippen molar-refractivity contribution in [1.82, 2.24) is 9.38 Å². The summed E-state index contributed by atoms with van der Waals surface area (Å²) in [5.41, 5.74) is -0.252. The van der Waals surface area contributed by atoms with Crippen molar-refractivity contribution in [2.45, 2.75) is 11.1 Å². The molecule has 12 heteroatoms. The van der Waals surface area contributed by atoms with Gasteiger partial charge in [0, 0.05) is 18.5 Å². The van der Waals surface area contributed by atoms with Gasteiger partial charge >= 0.3 is 6.18 Å². The van der Waals surface area contributed by atoms with Gasteiger partial charge in [-0.3, -0.25) is 9.20 Å². The fourth-order valence-corrected chi connectivity index (χ4v) is 4.85. The molecular formula is C15H10ClF3N2O4S2. The molecule has 3 rings (SSSR count). The van der Waals surface area contributed by atoms with Crippen LogP contribution >= 0.6 is 22.9 Å². The number of ketones is 1. The van der Waals surface area contributed by atoms with Crippen LogP contribution in [0, 0.1) is 0 Å². The maximum Gasteiger partial charge on any atom is 0.427 e. The smallest absolute Gasteiger partial charge is 0.427 e. The number of nitrogens with zero attached hydrogens (tertiary/aromatic N) is 2. The lowest BCUT2D eigenvalue weighted by Gasteiger charge is -2.07. The summed E-state index contributed by atoms with van der Waals surface area (Å²) in [6, 6.07) is 3.97. The number of fused-ring (bicyclic) bond motifs is 1. The minimum atomic E-state index is -4.53. The number of ether oxygens (including phenoxy) is 1. The zero-order chi connectivity index (χ0) is 20.0. The number of methoxy groups -OCH3 is 1. The molecule has 0 aliphatic heterocycles. The number of halogens is 4. The molecule has 0 saturated heterocycles. The molecule has 0 radical (unpaired) electrons. The van der Waals surface area contributed by atoms with Crippen molar-refractivity contribution in [2.75, 3.05) is 12.9 Å². The van der Waals surface area contributed by atoms with Gasteiger partial charge in [-0.25, -0.2) is 13.4 Å². The van der Waals surface area contributed by atoms with Crippen LogP contribution < -0.4 is 4.74 Å². The SMILES string of the molecule is COc1ccc(Cl)c(S(=O)(=O)CC(=O)c2cn3cc(C(F)(F)F)sc3n2)c1. The van der Waals surface area contributed by atoms with Gasteiger partial charge in [-0.1, -0.05) is 22.9 Å². The third-order valence-corrected chi connectivity index (χ3v) is 6.65. The summed E-state index contributed by atoms with van der Waals surface area (Å²) in [5, 5.41) is -0.0794. The number of sulfone groups is 1. The van der Waals surface area contributed by atoms with Gasteiger partial charge in [0.15, 0.2) is 20.6 Å². The van der Waals surface area contributed by atoms with E-state index in [0.29, 0.717) is 11.3 Å². The summed E-state index contributed by atoms with van der Waals surface area (Å²) < 4.78 is 69.0. The number of carbonyl (C=O) groups excluding carboxylic acids is 1. The molecule has 0 saturated carbocycles. The number of imidazole rings is 1. The average Bonchev–Trinajstić information content (AvgIpc) is 3.13. The Hall–Kier alpha value is -2.11. The predicted octanol–water partition coefficient (Wildman–Crippen LogP) is 3.73. The fourth-order valence-electron chi connectivity index (χ4n) is 2.23. The molecule has 3 aromatic rings. The van der Waals surface area contributed by atoms with Gasteiger partial charge in [0.2, 0.25) is 0 Å². The summed E-state index contributed by atoms with van der Waals surface area (Å²) in [4.78, 5) is 14.9. The minimum Gasteiger partial charge on any atom is -0.497 e. The molecule has 144 valence electrons. The van der Waals surface area contributed by atoms with E-state index in [1.807, 2.05) is 0 Å². The lowest BCUT2D eigenvalue weighted by Crippen LogP contribution is -2.17. The van der Waals surface area contributed by atoms with Crippen LogP contribution in [0.3, 0.4) is 0 Å². The van der Waals surface area contributed by atoms with E-state index >= 15 is 0 Å². The summed E-state index contributed by atoms with van der Waals surface area (Å²) in [5.74, 6) is -1.55. The number of hydrogen-bond acceptors (Lipinski definition) is 6. The number of rotatable bonds is 5. The molecule has 2 aromatic heterocycles. The Morgan fingerprint density at radius 1 is 1.33 bits per heavy atom. The van der Waals surface area contributed by atoms with Crippen LogP contribution in [-0.4, -0.2) is 36.4 Å². The standard InChI is InChI=1S/C15H10ClF3N2O4S2/c1-25-8-2-3-9(16)12(4-8)27(23,24)7-11(22)10-5-21-6-13(15(17,18)19)26-14(21)20-10/h2-6H,7H2,1H3. The number of alkyl halides is 3. The predicted molar refractivity (Wildman–Crippen MR) is 92.5 cm³/mol. The van der Waals surface area contributed by atoms with E-state index in [4.69, 9.17) is 16.3 Å². The third kappa shape index (κ3) is 3.94. The van der Waals surface area contributed by atoms with Gasteiger partial charge in [0.1, 0.15) is 22.1 Å². The maximum atomic E-state index is 12.7. The Morgan fingerprint density at radius 3 is 2.63 bits per heavy atom. The molecule has 6 nitrogen and oxygen atoms in total. The second kappa shape index (κ2) is 6.80. The largest absolute Gasteiger partial charge is 0.497 e. The van der Waals surface area contributed by atoms with Crippen LogP contribution in [0.15, 0.2) is 35.5 Å². The Labute approximate surface area is 160 Å². The van der Waals surface area contributed by atoms with E-state index in [1.165, 1.54) is 25.3 Å². The molecule has 1 aromatic carbocycles. The molecule has 0 atom stereocenters. The molecule has 0 bridgehead atoms. The molecule has 0 fully saturated rings. The highest BCUT2D eigenvalue weighted by Gasteiger charge is 2.34. The molecule has 0 amide bonds. The highest BCUT2D eigenvalue weighted by Crippen LogP contribution is 2.35. The first-order valence-corrected chi connectivity index (χ1v) is 10.0. The second-order valence-corrected chi connectivity index (χ2v) is 8.76. The summed E-state index contributed by atoms with van der Waals surface area (Å²) in [6.45, 7) is 0. The van der Waals surface area contributed by atoms with Gasteiger partial charge in [-0.2, -0.15) is 13.2 Å². The number of thiazole rings is 1. The van der Waals surface area contributed by atoms with Crippen molar-refractivity contribution in [3.05, 3.63) is 46.2 Å². The van der Waals surface area contributed by atoms with Gasteiger partial charge in [-0.15, -0.1) is 0 Å². The number of carbonyl (C=O) groups is 1. The van der Waals surface area contributed by atoms with Gasteiger partial charge in [-0.05, 0) is 12.1 Å². The van der Waals surface area contributed by atoms with E-state index in [9.17, 15) is 26.4 Å². The minimum absolute atomic E-state index is 0.0671. The van der Waals surface area contributed by atoms with Crippen LogP contribution in [0.2, 0.25) is 5.02 Å². The Balaban J connectivity index is 1.88. The second-order valence-electron chi connectivity index (χ2n) is 5.39. The third-order valence-electron chi connectivity index (χ3n) is 3.52. The molecule has 0 N–H and O–H groups in total. The molecule has 0 spiro atoms. The lowest BCUT2D eigenvalue weighted by molar-refractivity contribution is -0.134. The maximum absolute atomic E-state index is 12.7. The fraction of sp³-hybridized carbons (Fsp3) is 0.200. The topological polar surface area (TPSA) is 77.7 Å². The first-order valence-electron chi connectivity index (χ1n) is 7.16. The van der Waals surface area contributed by atoms with E-state index in [0.717, 1.165) is 16.8 Å². The first kappa shape index (κ1) is 19.6. The zero-order valence-electron chi connectivity index (χ0n) is 13.4. The number of hydrogen-bond donors (Lipinski definition) is 0. The van der Waals surface area contributed by atoms with E-state index < -0.39 is 32.4 Å². The number of benzene rings is 1. The van der Waals surface area contributed by atoms with Crippen molar-refractivity contribution in [2.24, 2.45) is 0 Å². The average molecular weight is 439 g/mol. The lowest BCUT2D eigenvalue weighted by atomic mass is 10.3. The molecule has 0 unspecified atom stereocenters. The highest BCUT2D eigenvalue weighted by atomic mass is 35.5. The number of Topliss-reactive ketones (excluding diaryl/α,β-unsaturated/α-hetero) is 1. The molecule has 27 heavy (non-hydrogen) atoms. The monoisotopic (exact) mass is 438 g/mol. The first-order chi connectivity index (χ1) is 12.5. The molecule has 0 aliphatic rings.